The predicted molar refractivity (Wildman–Crippen MR) is 124 cm³/mol. The number of fused-ring (bicyclic) bond motifs is 1. The summed E-state index contributed by atoms with van der Waals surface area (Å²) in [7, 11) is 0. The summed E-state index contributed by atoms with van der Waals surface area (Å²) in [5.74, 6) is 0.679. The molecule has 3 aromatic rings. The van der Waals surface area contributed by atoms with E-state index in [-0.39, 0.29) is 5.56 Å². The minimum atomic E-state index is -0.728. The van der Waals surface area contributed by atoms with Gasteiger partial charge in [-0.15, -0.1) is 0 Å². The largest absolute Gasteiger partial charge is 0.479 e. The number of aromatic nitrogens is 2. The molecule has 0 bridgehead atoms. The zero-order valence-electron chi connectivity index (χ0n) is 17.7. The van der Waals surface area contributed by atoms with E-state index >= 15 is 0 Å². The minimum Gasteiger partial charge on any atom is -0.479 e. The zero-order valence-corrected chi connectivity index (χ0v) is 19.3. The summed E-state index contributed by atoms with van der Waals surface area (Å²) >= 11 is 3.40. The number of benzene rings is 2. The van der Waals surface area contributed by atoms with Crippen molar-refractivity contribution in [2.24, 2.45) is 5.10 Å². The average Bonchev–Trinajstić information content (AvgIpc) is 2.75. The van der Waals surface area contributed by atoms with Crippen LogP contribution in [0.5, 0.6) is 5.75 Å². The molecule has 1 atom stereocenters. The third-order valence-electron chi connectivity index (χ3n) is 4.46. The molecule has 0 amide bonds. The van der Waals surface area contributed by atoms with Gasteiger partial charge in [0.15, 0.2) is 6.10 Å². The lowest BCUT2D eigenvalue weighted by Gasteiger charge is -2.13. The first-order chi connectivity index (χ1) is 14.9. The summed E-state index contributed by atoms with van der Waals surface area (Å²) < 4.78 is 12.8. The number of carbonyl (C=O) groups excluding carboxylic acids is 1. The Morgan fingerprint density at radius 2 is 2.06 bits per heavy atom. The summed E-state index contributed by atoms with van der Waals surface area (Å²) in [5.41, 5.74) is 1.14. The van der Waals surface area contributed by atoms with Gasteiger partial charge in [-0.05, 0) is 56.2 Å². The maximum absolute atomic E-state index is 13.1. The Kier molecular flexibility index (Phi) is 7.57. The smallest absolute Gasteiger partial charge is 0.347 e. The van der Waals surface area contributed by atoms with Crippen LogP contribution in [0.3, 0.4) is 0 Å². The molecule has 0 N–H and O–H groups in total. The van der Waals surface area contributed by atoms with Crippen molar-refractivity contribution in [2.45, 2.75) is 39.7 Å². The van der Waals surface area contributed by atoms with Gasteiger partial charge < -0.3 is 9.47 Å². The molecule has 1 heterocycles. The monoisotopic (exact) mass is 485 g/mol. The number of rotatable bonds is 8. The Hall–Kier alpha value is -3.00. The number of hydrogen-bond acceptors (Lipinski definition) is 6. The fraction of sp³-hybridized carbons (Fsp3) is 0.304. The van der Waals surface area contributed by atoms with Crippen molar-refractivity contribution in [3.63, 3.8) is 0 Å². The lowest BCUT2D eigenvalue weighted by molar-refractivity contribution is -0.150. The quantitative estimate of drug-likeness (QED) is 0.350. The van der Waals surface area contributed by atoms with Gasteiger partial charge in [0.2, 0.25) is 0 Å². The first-order valence-electron chi connectivity index (χ1n) is 10.1. The van der Waals surface area contributed by atoms with E-state index in [1.165, 1.54) is 4.68 Å². The number of carbonyl (C=O) groups is 1. The summed E-state index contributed by atoms with van der Waals surface area (Å²) in [6.07, 6.45) is 2.31. The molecule has 7 nitrogen and oxygen atoms in total. The number of esters is 1. The van der Waals surface area contributed by atoms with Gasteiger partial charge in [-0.3, -0.25) is 4.79 Å². The van der Waals surface area contributed by atoms with Crippen molar-refractivity contribution < 1.29 is 14.3 Å². The van der Waals surface area contributed by atoms with Crippen LogP contribution in [0.25, 0.3) is 10.9 Å². The van der Waals surface area contributed by atoms with Crippen LogP contribution in [-0.2, 0) is 16.0 Å². The molecule has 0 fully saturated rings. The third kappa shape index (κ3) is 5.58. The van der Waals surface area contributed by atoms with Crippen LogP contribution in [0.4, 0.5) is 0 Å². The molecule has 162 valence electrons. The second-order valence-corrected chi connectivity index (χ2v) is 7.80. The summed E-state index contributed by atoms with van der Waals surface area (Å²) in [4.78, 5) is 29.5. The Balaban J connectivity index is 1.92. The molecule has 31 heavy (non-hydrogen) atoms. The maximum Gasteiger partial charge on any atom is 0.347 e. The molecule has 0 aliphatic heterocycles. The molecule has 0 unspecified atom stereocenters. The van der Waals surface area contributed by atoms with Crippen LogP contribution in [0.2, 0.25) is 0 Å². The van der Waals surface area contributed by atoms with Crippen molar-refractivity contribution in [3.8, 4) is 5.75 Å². The topological polar surface area (TPSA) is 82.8 Å². The molecule has 0 saturated carbocycles. The highest BCUT2D eigenvalue weighted by molar-refractivity contribution is 9.10. The number of hydrogen-bond donors (Lipinski definition) is 0. The van der Waals surface area contributed by atoms with Gasteiger partial charge in [0.05, 0.1) is 23.7 Å². The van der Waals surface area contributed by atoms with Crippen LogP contribution in [0.1, 0.15) is 38.6 Å². The lowest BCUT2D eigenvalue weighted by atomic mass is 10.2. The van der Waals surface area contributed by atoms with Crippen LogP contribution in [0, 0.1) is 0 Å². The van der Waals surface area contributed by atoms with Gasteiger partial charge in [-0.2, -0.15) is 9.78 Å². The number of nitrogens with zero attached hydrogens (tertiary/aromatic N) is 3. The number of aryl methyl sites for hydroxylation is 1. The molecule has 0 aliphatic rings. The molecule has 0 spiro atoms. The highest BCUT2D eigenvalue weighted by Gasteiger charge is 2.15. The van der Waals surface area contributed by atoms with Gasteiger partial charge in [0.25, 0.3) is 5.56 Å². The third-order valence-corrected chi connectivity index (χ3v) is 4.95. The van der Waals surface area contributed by atoms with Gasteiger partial charge in [-0.25, -0.2) is 9.78 Å². The van der Waals surface area contributed by atoms with Crippen molar-refractivity contribution in [1.29, 1.82) is 0 Å². The normalized spacial score (nSPS) is 12.3. The standard InChI is InChI=1S/C23H24BrN3O4/c1-4-7-21-26-20-11-10-17(24)13-19(20)22(28)27(21)25-14-16-8-6-9-18(12-16)31-15(3)23(29)30-5-2/h6,8-15H,4-5,7H2,1-3H3/t15-/m0/s1. The predicted octanol–water partition coefficient (Wildman–Crippen LogP) is 4.32. The highest BCUT2D eigenvalue weighted by atomic mass is 79.9. The minimum absolute atomic E-state index is 0.227. The Morgan fingerprint density at radius 3 is 2.81 bits per heavy atom. The van der Waals surface area contributed by atoms with E-state index in [2.05, 4.69) is 26.0 Å². The molecular formula is C23H24BrN3O4. The first kappa shape index (κ1) is 22.7. The lowest BCUT2D eigenvalue weighted by Crippen LogP contribution is -2.26. The van der Waals surface area contributed by atoms with Crippen LogP contribution in [-0.4, -0.2) is 34.6 Å². The summed E-state index contributed by atoms with van der Waals surface area (Å²) in [6.45, 7) is 5.70. The van der Waals surface area contributed by atoms with Crippen molar-refractivity contribution >= 4 is 39.0 Å². The van der Waals surface area contributed by atoms with Crippen LogP contribution in [0.15, 0.2) is 56.8 Å². The maximum atomic E-state index is 13.1. The molecule has 2 aromatic carbocycles. The highest BCUT2D eigenvalue weighted by Crippen LogP contribution is 2.17. The van der Waals surface area contributed by atoms with E-state index in [0.29, 0.717) is 35.5 Å². The van der Waals surface area contributed by atoms with Crippen molar-refractivity contribution in [2.75, 3.05) is 6.61 Å². The summed E-state index contributed by atoms with van der Waals surface area (Å²) in [6, 6.07) is 12.5. The van der Waals surface area contributed by atoms with Gasteiger partial charge in [0.1, 0.15) is 11.6 Å². The van der Waals surface area contributed by atoms with Crippen LogP contribution >= 0.6 is 15.9 Å². The zero-order chi connectivity index (χ0) is 22.4. The Bertz CT molecular complexity index is 1170. The molecule has 0 radical (unpaired) electrons. The van der Waals surface area contributed by atoms with Gasteiger partial charge >= 0.3 is 5.97 Å². The fourth-order valence-corrected chi connectivity index (χ4v) is 3.36. The van der Waals surface area contributed by atoms with E-state index in [1.807, 2.05) is 25.1 Å². The molecule has 1 aromatic heterocycles. The average molecular weight is 486 g/mol. The molecule has 0 saturated heterocycles. The van der Waals surface area contributed by atoms with Gasteiger partial charge in [-0.1, -0.05) is 35.0 Å². The van der Waals surface area contributed by atoms with Crippen molar-refractivity contribution in [1.82, 2.24) is 9.66 Å². The molecular weight excluding hydrogens is 462 g/mol. The first-order valence-corrected chi connectivity index (χ1v) is 10.9. The van der Waals surface area contributed by atoms with E-state index < -0.39 is 12.1 Å². The molecule has 3 rings (SSSR count). The van der Waals surface area contributed by atoms with E-state index in [9.17, 15) is 9.59 Å². The van der Waals surface area contributed by atoms with E-state index in [1.54, 1.807) is 44.3 Å². The van der Waals surface area contributed by atoms with E-state index in [4.69, 9.17) is 9.47 Å². The Labute approximate surface area is 188 Å². The van der Waals surface area contributed by atoms with Crippen molar-refractivity contribution in [3.05, 3.63) is 68.7 Å². The Morgan fingerprint density at radius 1 is 1.26 bits per heavy atom. The number of halogens is 1. The number of ether oxygens (including phenoxy) is 2. The molecule has 8 heteroatoms. The van der Waals surface area contributed by atoms with Crippen LogP contribution < -0.4 is 10.3 Å². The summed E-state index contributed by atoms with van der Waals surface area (Å²) in [5, 5.41) is 4.91. The second-order valence-electron chi connectivity index (χ2n) is 6.89. The molecule has 0 aliphatic carbocycles. The fourth-order valence-electron chi connectivity index (χ4n) is 3.00. The van der Waals surface area contributed by atoms with Gasteiger partial charge in [0, 0.05) is 10.9 Å². The van der Waals surface area contributed by atoms with E-state index in [0.717, 1.165) is 16.5 Å². The second kappa shape index (κ2) is 10.3. The SMILES string of the molecule is CCCc1nc2ccc(Br)cc2c(=O)n1N=Cc1cccc(O[C@@H](C)C(=O)OCC)c1.